The fraction of sp³-hybridized carbons (Fsp3) is 0.417. The number of rotatable bonds is 0. The van der Waals surface area contributed by atoms with Crippen LogP contribution in [0.3, 0.4) is 0 Å². The van der Waals surface area contributed by atoms with Crippen LogP contribution in [0.5, 0.6) is 0 Å². The van der Waals surface area contributed by atoms with E-state index < -0.39 is 0 Å². The summed E-state index contributed by atoms with van der Waals surface area (Å²) in [6.45, 7) is 8.23. The molecule has 0 fully saturated rings. The minimum Gasteiger partial charge on any atom is -0.252 e. The summed E-state index contributed by atoms with van der Waals surface area (Å²) >= 11 is 0. The average Bonchev–Trinajstić information content (AvgIpc) is 2.44. The third kappa shape index (κ3) is 1.62. The molecule has 0 unspecified atom stereocenters. The molecule has 80 valence electrons. The van der Waals surface area contributed by atoms with Crippen LogP contribution in [-0.4, -0.2) is 10.2 Å². The number of fused-ring (bicyclic) bond motifs is 1. The minimum absolute atomic E-state index is 0.0744. The number of hydrogen-bond donors (Lipinski definition) is 1. The number of aromatic nitrogens is 2. The van der Waals surface area contributed by atoms with Crippen LogP contribution in [0.25, 0.3) is 10.9 Å². The Balaban J connectivity index is 2.87. The monoisotopic (exact) mass is 206 g/mol. The second-order valence-corrected chi connectivity index (χ2v) is 4.99. The van der Waals surface area contributed by atoms with Crippen molar-refractivity contribution in [2.75, 3.05) is 0 Å². The van der Waals surface area contributed by atoms with Crippen molar-refractivity contribution in [3.8, 4) is 0 Å². The zero-order chi connectivity index (χ0) is 11.2. The first kappa shape index (κ1) is 10.1. The van der Waals surface area contributed by atoms with Crippen molar-refractivity contribution in [3.63, 3.8) is 0 Å². The van der Waals surface area contributed by atoms with E-state index in [0.29, 0.717) is 10.9 Å². The lowest BCUT2D eigenvalue weighted by Crippen LogP contribution is -2.12. The van der Waals surface area contributed by atoms with E-state index in [2.05, 4.69) is 31.0 Å². The normalized spacial score (nSPS) is 12.3. The molecule has 0 aliphatic carbocycles. The summed E-state index contributed by atoms with van der Waals surface area (Å²) in [5.74, 6) is -0.338. The van der Waals surface area contributed by atoms with E-state index in [1.807, 2.05) is 19.1 Å². The van der Waals surface area contributed by atoms with Gasteiger partial charge in [0, 0.05) is 0 Å². The van der Waals surface area contributed by atoms with E-state index in [-0.39, 0.29) is 11.4 Å². The Morgan fingerprint density at radius 1 is 1.27 bits per heavy atom. The van der Waals surface area contributed by atoms with Crippen LogP contribution in [0.15, 0.2) is 12.1 Å². The van der Waals surface area contributed by atoms with Crippen molar-refractivity contribution in [2.45, 2.75) is 33.1 Å². The fourth-order valence-electron chi connectivity index (χ4n) is 1.84. The van der Waals surface area contributed by atoms with Crippen molar-refractivity contribution >= 4 is 10.9 Å². The topological polar surface area (TPSA) is 28.7 Å². The number of hydrogen-bond acceptors (Lipinski definition) is 1. The standard InChI is InChI=1S/C12H15FN2/c1-7-5-8(12(2,3)4)10-9(6-7)14-15-11(10)13/h5-6H,1-4H3,(H,14,15). The fourth-order valence-corrected chi connectivity index (χ4v) is 1.84. The Bertz CT molecular complexity index is 506. The van der Waals surface area contributed by atoms with Crippen LogP contribution in [0.2, 0.25) is 0 Å². The van der Waals surface area contributed by atoms with Gasteiger partial charge in [0.1, 0.15) is 0 Å². The van der Waals surface area contributed by atoms with Gasteiger partial charge in [0.05, 0.1) is 10.9 Å². The number of H-pyrrole nitrogens is 1. The van der Waals surface area contributed by atoms with Gasteiger partial charge in [0.2, 0.25) is 5.95 Å². The van der Waals surface area contributed by atoms with E-state index in [9.17, 15) is 4.39 Å². The molecule has 15 heavy (non-hydrogen) atoms. The number of benzene rings is 1. The molecule has 1 N–H and O–H groups in total. The predicted octanol–water partition coefficient (Wildman–Crippen LogP) is 3.31. The van der Waals surface area contributed by atoms with Crippen LogP contribution in [0, 0.1) is 12.9 Å². The first-order valence-electron chi connectivity index (χ1n) is 5.04. The van der Waals surface area contributed by atoms with Crippen LogP contribution in [0.4, 0.5) is 4.39 Å². The molecular formula is C12H15FN2. The van der Waals surface area contributed by atoms with Crippen molar-refractivity contribution in [1.29, 1.82) is 0 Å². The van der Waals surface area contributed by atoms with Crippen molar-refractivity contribution in [3.05, 3.63) is 29.2 Å². The number of halogens is 1. The second kappa shape index (κ2) is 3.05. The van der Waals surface area contributed by atoms with Gasteiger partial charge in [-0.2, -0.15) is 9.49 Å². The maximum atomic E-state index is 13.6. The molecule has 1 aromatic heterocycles. The molecule has 0 saturated carbocycles. The molecule has 2 aromatic rings. The average molecular weight is 206 g/mol. The van der Waals surface area contributed by atoms with Gasteiger partial charge in [-0.15, -0.1) is 0 Å². The first-order valence-corrected chi connectivity index (χ1v) is 5.04. The molecule has 0 aliphatic heterocycles. The summed E-state index contributed by atoms with van der Waals surface area (Å²) in [6, 6.07) is 3.92. The molecular weight excluding hydrogens is 191 g/mol. The van der Waals surface area contributed by atoms with Crippen LogP contribution in [0.1, 0.15) is 31.9 Å². The molecule has 0 atom stereocenters. The van der Waals surface area contributed by atoms with E-state index in [1.165, 1.54) is 0 Å². The summed E-state index contributed by atoms with van der Waals surface area (Å²) in [5, 5.41) is 6.97. The highest BCUT2D eigenvalue weighted by molar-refractivity contribution is 5.84. The number of nitrogens with zero attached hydrogens (tertiary/aromatic N) is 1. The summed E-state index contributed by atoms with van der Waals surface area (Å²) in [6.07, 6.45) is 0. The van der Waals surface area contributed by atoms with Gasteiger partial charge in [-0.3, -0.25) is 5.10 Å². The van der Waals surface area contributed by atoms with E-state index in [4.69, 9.17) is 0 Å². The van der Waals surface area contributed by atoms with E-state index >= 15 is 0 Å². The van der Waals surface area contributed by atoms with E-state index in [1.54, 1.807) is 0 Å². The lowest BCUT2D eigenvalue weighted by Gasteiger charge is -2.20. The van der Waals surface area contributed by atoms with Gasteiger partial charge in [0.15, 0.2) is 0 Å². The summed E-state index contributed by atoms with van der Waals surface area (Å²) < 4.78 is 13.6. The molecule has 0 spiro atoms. The largest absolute Gasteiger partial charge is 0.252 e. The summed E-state index contributed by atoms with van der Waals surface area (Å²) in [4.78, 5) is 0. The maximum Gasteiger partial charge on any atom is 0.217 e. The molecule has 0 bridgehead atoms. The molecule has 1 heterocycles. The lowest BCUT2D eigenvalue weighted by molar-refractivity contribution is 0.571. The van der Waals surface area contributed by atoms with Crippen molar-refractivity contribution < 1.29 is 4.39 Å². The van der Waals surface area contributed by atoms with E-state index in [0.717, 1.165) is 11.1 Å². The number of aryl methyl sites for hydroxylation is 1. The predicted molar refractivity (Wildman–Crippen MR) is 59.5 cm³/mol. The Morgan fingerprint density at radius 3 is 2.53 bits per heavy atom. The summed E-state index contributed by atoms with van der Waals surface area (Å²) in [5.41, 5.74) is 2.75. The van der Waals surface area contributed by atoms with Gasteiger partial charge < -0.3 is 0 Å². The Kier molecular flexibility index (Phi) is 2.07. The van der Waals surface area contributed by atoms with Gasteiger partial charge >= 0.3 is 0 Å². The molecule has 0 radical (unpaired) electrons. The lowest BCUT2D eigenvalue weighted by atomic mass is 9.84. The molecule has 1 aromatic carbocycles. The number of nitrogens with one attached hydrogen (secondary N) is 1. The molecule has 2 nitrogen and oxygen atoms in total. The van der Waals surface area contributed by atoms with Gasteiger partial charge in [0.25, 0.3) is 0 Å². The SMILES string of the molecule is Cc1cc(C(C)(C)C)c2c(F)[nH]nc2c1. The first-order chi connectivity index (χ1) is 6.89. The maximum absolute atomic E-state index is 13.6. The highest BCUT2D eigenvalue weighted by Gasteiger charge is 2.21. The smallest absolute Gasteiger partial charge is 0.217 e. The highest BCUT2D eigenvalue weighted by atomic mass is 19.1. The zero-order valence-electron chi connectivity index (χ0n) is 9.48. The van der Waals surface area contributed by atoms with Gasteiger partial charge in [-0.25, -0.2) is 0 Å². The Morgan fingerprint density at radius 2 is 1.93 bits per heavy atom. The zero-order valence-corrected chi connectivity index (χ0v) is 9.48. The number of aromatic amines is 1. The highest BCUT2D eigenvalue weighted by Crippen LogP contribution is 2.31. The van der Waals surface area contributed by atoms with Gasteiger partial charge in [-0.05, 0) is 29.5 Å². The second-order valence-electron chi connectivity index (χ2n) is 4.99. The Labute approximate surface area is 88.5 Å². The van der Waals surface area contributed by atoms with Crippen LogP contribution < -0.4 is 0 Å². The molecule has 0 saturated heterocycles. The molecule has 0 amide bonds. The minimum atomic E-state index is -0.338. The molecule has 2 rings (SSSR count). The quantitative estimate of drug-likeness (QED) is 0.703. The third-order valence-corrected chi connectivity index (χ3v) is 2.56. The molecule has 0 aliphatic rings. The van der Waals surface area contributed by atoms with Gasteiger partial charge in [-0.1, -0.05) is 26.8 Å². The van der Waals surface area contributed by atoms with Crippen molar-refractivity contribution in [1.82, 2.24) is 10.2 Å². The van der Waals surface area contributed by atoms with Crippen LogP contribution in [-0.2, 0) is 5.41 Å². The Hall–Kier alpha value is -1.38. The van der Waals surface area contributed by atoms with Crippen LogP contribution >= 0.6 is 0 Å². The third-order valence-electron chi connectivity index (χ3n) is 2.56. The van der Waals surface area contributed by atoms with Crippen molar-refractivity contribution in [2.24, 2.45) is 0 Å². The molecule has 3 heteroatoms. The summed E-state index contributed by atoms with van der Waals surface area (Å²) in [7, 11) is 0.